The van der Waals surface area contributed by atoms with E-state index >= 15 is 0 Å². The number of aryl methyl sites for hydroxylation is 1. The zero-order valence-electron chi connectivity index (χ0n) is 14.0. The van der Waals surface area contributed by atoms with Gasteiger partial charge in [0.15, 0.2) is 0 Å². The first-order valence-electron chi connectivity index (χ1n) is 8.30. The van der Waals surface area contributed by atoms with Gasteiger partial charge in [-0.25, -0.2) is 0 Å². The molecule has 0 spiro atoms. The molecule has 22 heavy (non-hydrogen) atoms. The smallest absolute Gasteiger partial charge is 0.134 e. The molecule has 2 rings (SSSR count). The molecule has 0 bridgehead atoms. The minimum absolute atomic E-state index is 0.258. The van der Waals surface area contributed by atoms with Crippen LogP contribution in [0.4, 0.5) is 0 Å². The van der Waals surface area contributed by atoms with Gasteiger partial charge in [0.25, 0.3) is 0 Å². The van der Waals surface area contributed by atoms with E-state index < -0.39 is 5.60 Å². The maximum atomic E-state index is 10.9. The van der Waals surface area contributed by atoms with E-state index in [1.807, 2.05) is 31.2 Å². The lowest BCUT2D eigenvalue weighted by atomic mass is 10.0. The highest BCUT2D eigenvalue weighted by Gasteiger charge is 2.35. The predicted molar refractivity (Wildman–Crippen MR) is 88.4 cm³/mol. The number of ether oxygens (including phenoxy) is 2. The molecule has 1 aliphatic rings. The van der Waals surface area contributed by atoms with Crippen molar-refractivity contribution in [1.29, 1.82) is 0 Å². The minimum atomic E-state index is -0.957. The van der Waals surface area contributed by atoms with E-state index in [1.54, 1.807) is 0 Å². The maximum Gasteiger partial charge on any atom is 0.134 e. The normalized spacial score (nSPS) is 23.5. The second kappa shape index (κ2) is 7.95. The Kier molecular flexibility index (Phi) is 6.24. The van der Waals surface area contributed by atoms with Crippen LogP contribution in [0.3, 0.4) is 0 Å². The van der Waals surface area contributed by atoms with Gasteiger partial charge in [0, 0.05) is 19.1 Å². The molecule has 1 heterocycles. The molecular formula is C18H29NO3. The van der Waals surface area contributed by atoms with Crippen LogP contribution in [0.15, 0.2) is 24.3 Å². The van der Waals surface area contributed by atoms with Gasteiger partial charge in [0.1, 0.15) is 18.0 Å². The van der Waals surface area contributed by atoms with Crippen molar-refractivity contribution < 1.29 is 14.6 Å². The Morgan fingerprint density at radius 1 is 1.32 bits per heavy atom. The summed E-state index contributed by atoms with van der Waals surface area (Å²) in [7, 11) is 0. The first-order valence-corrected chi connectivity index (χ1v) is 8.30. The van der Waals surface area contributed by atoms with Crippen LogP contribution in [0.5, 0.6) is 5.75 Å². The molecule has 1 aliphatic heterocycles. The Balaban J connectivity index is 2.02. The molecule has 0 aromatic heterocycles. The van der Waals surface area contributed by atoms with Gasteiger partial charge in [-0.1, -0.05) is 32.0 Å². The number of hydrogen-bond donors (Lipinski definition) is 1. The Bertz CT molecular complexity index is 461. The van der Waals surface area contributed by atoms with E-state index in [1.165, 1.54) is 0 Å². The first kappa shape index (κ1) is 17.3. The topological polar surface area (TPSA) is 41.9 Å². The number of para-hydroxylation sites is 1. The second-order valence-electron chi connectivity index (χ2n) is 6.27. The van der Waals surface area contributed by atoms with Crippen LogP contribution in [-0.2, 0) is 4.74 Å². The van der Waals surface area contributed by atoms with Crippen molar-refractivity contribution in [2.24, 2.45) is 0 Å². The lowest BCUT2D eigenvalue weighted by molar-refractivity contribution is -0.0674. The van der Waals surface area contributed by atoms with Gasteiger partial charge in [0.05, 0.1) is 13.2 Å². The molecule has 0 radical (unpaired) electrons. The fourth-order valence-corrected chi connectivity index (χ4v) is 3.08. The quantitative estimate of drug-likeness (QED) is 0.877. The van der Waals surface area contributed by atoms with Gasteiger partial charge < -0.3 is 14.6 Å². The van der Waals surface area contributed by atoms with Crippen LogP contribution < -0.4 is 4.74 Å². The average molecular weight is 307 g/mol. The summed E-state index contributed by atoms with van der Waals surface area (Å²) in [6.45, 7) is 9.14. The van der Waals surface area contributed by atoms with Crippen molar-refractivity contribution in [2.45, 2.75) is 45.3 Å². The van der Waals surface area contributed by atoms with E-state index in [2.05, 4.69) is 18.7 Å². The number of benzene rings is 1. The molecule has 1 atom stereocenters. The lowest BCUT2D eigenvalue weighted by Crippen LogP contribution is -2.51. The van der Waals surface area contributed by atoms with Crippen molar-refractivity contribution in [1.82, 2.24) is 4.90 Å². The number of hydrogen-bond acceptors (Lipinski definition) is 4. The van der Waals surface area contributed by atoms with Crippen LogP contribution in [0.1, 0.15) is 32.3 Å². The summed E-state index contributed by atoms with van der Waals surface area (Å²) in [4.78, 5) is 2.34. The van der Waals surface area contributed by atoms with Crippen molar-refractivity contribution in [3.63, 3.8) is 0 Å². The lowest BCUT2D eigenvalue weighted by Gasteiger charge is -2.35. The summed E-state index contributed by atoms with van der Waals surface area (Å²) < 4.78 is 11.5. The summed E-state index contributed by atoms with van der Waals surface area (Å²) in [5.41, 5.74) is 0.124. The monoisotopic (exact) mass is 307 g/mol. The highest BCUT2D eigenvalue weighted by molar-refractivity contribution is 5.31. The number of aliphatic hydroxyl groups is 1. The molecular weight excluding hydrogens is 278 g/mol. The van der Waals surface area contributed by atoms with E-state index in [0.717, 1.165) is 30.7 Å². The largest absolute Gasteiger partial charge is 0.490 e. The fraction of sp³-hybridized carbons (Fsp3) is 0.667. The Labute approximate surface area is 134 Å². The van der Waals surface area contributed by atoms with Gasteiger partial charge in [0.2, 0.25) is 0 Å². The molecule has 4 heteroatoms. The summed E-state index contributed by atoms with van der Waals surface area (Å²) in [6.07, 6.45) is 2.18. The molecule has 0 saturated carbocycles. The van der Waals surface area contributed by atoms with Gasteiger partial charge >= 0.3 is 0 Å². The summed E-state index contributed by atoms with van der Waals surface area (Å²) in [5.74, 6) is 0.828. The number of rotatable bonds is 6. The van der Waals surface area contributed by atoms with Crippen molar-refractivity contribution in [2.75, 3.05) is 32.9 Å². The molecule has 0 aliphatic carbocycles. The minimum Gasteiger partial charge on any atom is -0.490 e. The SMILES string of the molecule is CCC(CC)N1CCOCC(O)(COc2ccccc2C)C1. The third kappa shape index (κ3) is 4.45. The van der Waals surface area contributed by atoms with Crippen LogP contribution in [-0.4, -0.2) is 54.6 Å². The molecule has 1 unspecified atom stereocenters. The molecule has 1 aromatic carbocycles. The first-order chi connectivity index (χ1) is 10.6. The molecule has 1 fully saturated rings. The van der Waals surface area contributed by atoms with Crippen molar-refractivity contribution in [3.8, 4) is 5.75 Å². The van der Waals surface area contributed by atoms with Gasteiger partial charge in [-0.15, -0.1) is 0 Å². The molecule has 124 valence electrons. The van der Waals surface area contributed by atoms with Crippen molar-refractivity contribution in [3.05, 3.63) is 29.8 Å². The van der Waals surface area contributed by atoms with Crippen molar-refractivity contribution >= 4 is 0 Å². The molecule has 1 saturated heterocycles. The standard InChI is InChI=1S/C18H29NO3/c1-4-16(5-2)19-10-11-21-13-18(20,12-19)14-22-17-9-7-6-8-15(17)3/h6-9,16,20H,4-5,10-14H2,1-3H3. The van der Waals surface area contributed by atoms with E-state index in [-0.39, 0.29) is 6.61 Å². The third-order valence-electron chi connectivity index (χ3n) is 4.44. The zero-order valence-corrected chi connectivity index (χ0v) is 14.0. The fourth-order valence-electron chi connectivity index (χ4n) is 3.08. The van der Waals surface area contributed by atoms with Crippen LogP contribution in [0.2, 0.25) is 0 Å². The van der Waals surface area contributed by atoms with Gasteiger partial charge in [-0.2, -0.15) is 0 Å². The Morgan fingerprint density at radius 2 is 2.05 bits per heavy atom. The Hall–Kier alpha value is -1.10. The molecule has 4 nitrogen and oxygen atoms in total. The predicted octanol–water partition coefficient (Wildman–Crippen LogP) is 2.63. The average Bonchev–Trinajstić information content (AvgIpc) is 2.70. The molecule has 1 N–H and O–H groups in total. The van der Waals surface area contributed by atoms with E-state index in [9.17, 15) is 5.11 Å². The van der Waals surface area contributed by atoms with Crippen LogP contribution in [0, 0.1) is 6.92 Å². The van der Waals surface area contributed by atoms with Gasteiger partial charge in [-0.3, -0.25) is 4.90 Å². The summed E-state index contributed by atoms with van der Waals surface area (Å²) >= 11 is 0. The van der Waals surface area contributed by atoms with E-state index in [4.69, 9.17) is 9.47 Å². The molecule has 0 amide bonds. The zero-order chi connectivity index (χ0) is 16.0. The number of β-amino-alcohol motifs (C(OH)–C–C–N with tert-alkyl or cyclic N) is 1. The van der Waals surface area contributed by atoms with Crippen LogP contribution in [0.25, 0.3) is 0 Å². The summed E-state index contributed by atoms with van der Waals surface area (Å²) in [6, 6.07) is 8.38. The second-order valence-corrected chi connectivity index (χ2v) is 6.27. The summed E-state index contributed by atoms with van der Waals surface area (Å²) in [5, 5.41) is 10.9. The van der Waals surface area contributed by atoms with E-state index in [0.29, 0.717) is 25.8 Å². The highest BCUT2D eigenvalue weighted by Crippen LogP contribution is 2.21. The maximum absolute atomic E-state index is 10.9. The molecule has 1 aromatic rings. The highest BCUT2D eigenvalue weighted by atomic mass is 16.5. The number of nitrogens with zero attached hydrogens (tertiary/aromatic N) is 1. The van der Waals surface area contributed by atoms with Gasteiger partial charge in [-0.05, 0) is 31.4 Å². The van der Waals surface area contributed by atoms with Crippen LogP contribution >= 0.6 is 0 Å². The Morgan fingerprint density at radius 3 is 2.73 bits per heavy atom. The third-order valence-corrected chi connectivity index (χ3v) is 4.44.